The molecule has 69 valence electrons. The minimum absolute atomic E-state index is 0.178. The number of hydrogen-bond acceptors (Lipinski definition) is 1. The van der Waals surface area contributed by atoms with Crippen molar-refractivity contribution in [2.24, 2.45) is 0 Å². The molecule has 0 atom stereocenters. The molecule has 1 radical (unpaired) electrons. The Kier molecular flexibility index (Phi) is 3.14. The van der Waals surface area contributed by atoms with Gasteiger partial charge in [0, 0.05) is 25.8 Å². The minimum Gasteiger partial charge on any atom is -0.331 e. The molecule has 0 aliphatic heterocycles. The Morgan fingerprint density at radius 2 is 2.31 bits per heavy atom. The number of hydrogen-bond donors (Lipinski definition) is 1. The van der Waals surface area contributed by atoms with Gasteiger partial charge in [0.2, 0.25) is 0 Å². The lowest BCUT2D eigenvalue weighted by molar-refractivity contribution is 0.230. The number of carbonyl (C=O) groups is 1. The first-order chi connectivity index (χ1) is 6.09. The van der Waals surface area contributed by atoms with E-state index in [1.54, 1.807) is 32.3 Å². The van der Waals surface area contributed by atoms with Crippen LogP contribution in [0, 0.1) is 6.07 Å². The largest absolute Gasteiger partial charge is 0.331 e. The topological polar surface area (TPSA) is 32.3 Å². The summed E-state index contributed by atoms with van der Waals surface area (Å²) < 4.78 is 0. The molecule has 0 fully saturated rings. The number of urea groups is 1. The summed E-state index contributed by atoms with van der Waals surface area (Å²) in [6.07, 6.45) is 0. The van der Waals surface area contributed by atoms with E-state index in [2.05, 4.69) is 11.4 Å². The van der Waals surface area contributed by atoms with Gasteiger partial charge < -0.3 is 10.2 Å². The summed E-state index contributed by atoms with van der Waals surface area (Å²) in [6.45, 7) is 0. The van der Waals surface area contributed by atoms with Crippen molar-refractivity contribution in [1.82, 2.24) is 4.90 Å². The number of benzene rings is 1. The van der Waals surface area contributed by atoms with E-state index in [1.165, 1.54) is 4.90 Å². The zero-order chi connectivity index (χ0) is 9.84. The Morgan fingerprint density at radius 3 is 2.85 bits per heavy atom. The Morgan fingerprint density at radius 1 is 1.62 bits per heavy atom. The number of carbonyl (C=O) groups excluding carboxylic acids is 1. The van der Waals surface area contributed by atoms with Gasteiger partial charge >= 0.3 is 6.03 Å². The van der Waals surface area contributed by atoms with Crippen molar-refractivity contribution in [2.75, 3.05) is 19.4 Å². The highest BCUT2D eigenvalue weighted by Gasteiger charge is 2.03. The maximum absolute atomic E-state index is 11.2. The van der Waals surface area contributed by atoms with Crippen LogP contribution in [-0.4, -0.2) is 25.0 Å². The molecule has 0 heterocycles. The summed E-state index contributed by atoms with van der Waals surface area (Å²) >= 11 is 5.69. The van der Waals surface area contributed by atoms with E-state index >= 15 is 0 Å². The molecular formula is C9H10ClN2O. The number of nitrogens with one attached hydrogen (secondary N) is 1. The van der Waals surface area contributed by atoms with Crippen LogP contribution < -0.4 is 5.32 Å². The summed E-state index contributed by atoms with van der Waals surface area (Å²) in [5.41, 5.74) is 0.669. The first-order valence-corrected chi connectivity index (χ1v) is 4.13. The third-order valence-corrected chi connectivity index (χ3v) is 1.64. The SMILES string of the molecule is CN(C)C(=O)Nc1cc[c]c(Cl)c1. The van der Waals surface area contributed by atoms with Crippen LogP contribution >= 0.6 is 11.6 Å². The van der Waals surface area contributed by atoms with Crippen molar-refractivity contribution in [3.63, 3.8) is 0 Å². The summed E-state index contributed by atoms with van der Waals surface area (Å²) in [5.74, 6) is 0. The summed E-state index contributed by atoms with van der Waals surface area (Å²) in [5, 5.41) is 3.15. The molecule has 4 heteroatoms. The number of halogens is 1. The zero-order valence-electron chi connectivity index (χ0n) is 7.47. The average molecular weight is 198 g/mol. The number of rotatable bonds is 1. The van der Waals surface area contributed by atoms with Crippen LogP contribution in [0.2, 0.25) is 5.02 Å². The van der Waals surface area contributed by atoms with Crippen molar-refractivity contribution in [1.29, 1.82) is 0 Å². The molecule has 1 aromatic rings. The molecule has 3 nitrogen and oxygen atoms in total. The Balaban J connectivity index is 2.69. The Bertz CT molecular complexity index is 312. The molecule has 1 N–H and O–H groups in total. The third-order valence-electron chi connectivity index (χ3n) is 1.42. The van der Waals surface area contributed by atoms with Crippen LogP contribution in [0.3, 0.4) is 0 Å². The van der Waals surface area contributed by atoms with E-state index in [0.717, 1.165) is 0 Å². The fourth-order valence-electron chi connectivity index (χ4n) is 0.750. The van der Waals surface area contributed by atoms with Crippen LogP contribution in [-0.2, 0) is 0 Å². The predicted octanol–water partition coefficient (Wildman–Crippen LogP) is 2.23. The lowest BCUT2D eigenvalue weighted by atomic mass is 10.3. The van der Waals surface area contributed by atoms with Gasteiger partial charge in [-0.15, -0.1) is 0 Å². The second-order valence-corrected chi connectivity index (χ2v) is 3.16. The molecular weight excluding hydrogens is 188 g/mol. The molecule has 2 amide bonds. The molecule has 1 aromatic carbocycles. The first-order valence-electron chi connectivity index (χ1n) is 3.75. The van der Waals surface area contributed by atoms with Crippen LogP contribution in [0.4, 0.5) is 10.5 Å². The van der Waals surface area contributed by atoms with Crippen molar-refractivity contribution in [3.8, 4) is 0 Å². The molecule has 0 aliphatic carbocycles. The monoisotopic (exact) mass is 197 g/mol. The standard InChI is InChI=1S/C9H10ClN2O/c1-12(2)9(13)11-8-5-3-4-7(10)6-8/h3,5-6H,1-2H3,(H,11,13). The maximum atomic E-state index is 11.2. The molecule has 13 heavy (non-hydrogen) atoms. The van der Waals surface area contributed by atoms with Crippen LogP contribution in [0.25, 0.3) is 0 Å². The highest BCUT2D eigenvalue weighted by atomic mass is 35.5. The normalized spacial score (nSPS) is 9.46. The maximum Gasteiger partial charge on any atom is 0.321 e. The van der Waals surface area contributed by atoms with E-state index in [4.69, 9.17) is 11.6 Å². The van der Waals surface area contributed by atoms with Crippen molar-refractivity contribution in [3.05, 3.63) is 29.3 Å². The van der Waals surface area contributed by atoms with Gasteiger partial charge in [0.05, 0.1) is 5.02 Å². The highest BCUT2D eigenvalue weighted by Crippen LogP contribution is 2.14. The second kappa shape index (κ2) is 4.14. The van der Waals surface area contributed by atoms with Gasteiger partial charge in [0.25, 0.3) is 0 Å². The smallest absolute Gasteiger partial charge is 0.321 e. The molecule has 0 aromatic heterocycles. The third kappa shape index (κ3) is 2.95. The van der Waals surface area contributed by atoms with Crippen molar-refractivity contribution in [2.45, 2.75) is 0 Å². The molecule has 1 rings (SSSR count). The molecule has 0 bridgehead atoms. The average Bonchev–Trinajstić information content (AvgIpc) is 2.04. The number of nitrogens with zero attached hydrogens (tertiary/aromatic N) is 1. The van der Waals surface area contributed by atoms with E-state index < -0.39 is 0 Å². The van der Waals surface area contributed by atoms with Crippen molar-refractivity contribution >= 4 is 23.3 Å². The molecule has 0 aliphatic rings. The molecule has 0 unspecified atom stereocenters. The van der Waals surface area contributed by atoms with E-state index in [9.17, 15) is 4.79 Å². The summed E-state index contributed by atoms with van der Waals surface area (Å²) in [4.78, 5) is 12.6. The number of anilines is 1. The summed E-state index contributed by atoms with van der Waals surface area (Å²) in [6, 6.07) is 7.63. The fourth-order valence-corrected chi connectivity index (χ4v) is 0.931. The van der Waals surface area contributed by atoms with Gasteiger partial charge in [-0.1, -0.05) is 17.7 Å². The van der Waals surface area contributed by atoms with E-state index in [-0.39, 0.29) is 6.03 Å². The lowest BCUT2D eigenvalue weighted by Gasteiger charge is -2.11. The number of amides is 2. The first kappa shape index (κ1) is 9.86. The lowest BCUT2D eigenvalue weighted by Crippen LogP contribution is -2.27. The van der Waals surface area contributed by atoms with Gasteiger partial charge in [0.15, 0.2) is 0 Å². The minimum atomic E-state index is -0.178. The summed E-state index contributed by atoms with van der Waals surface area (Å²) in [7, 11) is 3.35. The molecule has 0 saturated heterocycles. The quantitative estimate of drug-likeness (QED) is 0.736. The van der Waals surface area contributed by atoms with E-state index in [0.29, 0.717) is 10.7 Å². The van der Waals surface area contributed by atoms with Crippen LogP contribution in [0.1, 0.15) is 0 Å². The zero-order valence-corrected chi connectivity index (χ0v) is 8.22. The van der Waals surface area contributed by atoms with Crippen LogP contribution in [0.15, 0.2) is 18.2 Å². The van der Waals surface area contributed by atoms with Crippen molar-refractivity contribution < 1.29 is 4.79 Å². The second-order valence-electron chi connectivity index (χ2n) is 2.75. The van der Waals surface area contributed by atoms with Gasteiger partial charge in [-0.05, 0) is 12.1 Å². The fraction of sp³-hybridized carbons (Fsp3) is 0.222. The van der Waals surface area contributed by atoms with Gasteiger partial charge in [-0.25, -0.2) is 4.79 Å². The Labute approximate surface area is 82.3 Å². The van der Waals surface area contributed by atoms with Gasteiger partial charge in [-0.3, -0.25) is 0 Å². The predicted molar refractivity (Wildman–Crippen MR) is 53.0 cm³/mol. The van der Waals surface area contributed by atoms with E-state index in [1.807, 2.05) is 0 Å². The van der Waals surface area contributed by atoms with Gasteiger partial charge in [0.1, 0.15) is 0 Å². The van der Waals surface area contributed by atoms with Crippen LogP contribution in [0.5, 0.6) is 0 Å². The van der Waals surface area contributed by atoms with Gasteiger partial charge in [-0.2, -0.15) is 0 Å². The molecule has 0 spiro atoms. The molecule has 0 saturated carbocycles. The Hall–Kier alpha value is -1.22. The highest BCUT2D eigenvalue weighted by molar-refractivity contribution is 6.30.